The number of aliphatic hydroxyl groups is 1. The average Bonchev–Trinajstić information content (AvgIpc) is 3.24. The molecular formula is C46H63N5O7. The Morgan fingerprint density at radius 2 is 1.55 bits per heavy atom. The third-order valence-electron chi connectivity index (χ3n) is 11.5. The van der Waals surface area contributed by atoms with Crippen molar-refractivity contribution in [1.29, 1.82) is 0 Å². The molecule has 5 N–H and O–H groups in total. The molecule has 3 aromatic carbocycles. The summed E-state index contributed by atoms with van der Waals surface area (Å²) in [6.07, 6.45) is 10.7. The van der Waals surface area contributed by atoms with Crippen LogP contribution >= 0.6 is 0 Å². The molecule has 0 aliphatic carbocycles. The first-order valence-electron chi connectivity index (χ1n) is 20.5. The van der Waals surface area contributed by atoms with E-state index in [0.29, 0.717) is 62.0 Å². The molecule has 1 amide bonds. The van der Waals surface area contributed by atoms with Crippen molar-refractivity contribution in [2.75, 3.05) is 78.8 Å². The molecule has 7 rings (SSSR count). The molecule has 58 heavy (non-hydrogen) atoms. The van der Waals surface area contributed by atoms with Gasteiger partial charge in [-0.05, 0) is 132 Å². The number of nitrogens with zero attached hydrogens (tertiary/aromatic N) is 3. The van der Waals surface area contributed by atoms with Crippen LogP contribution in [0.25, 0.3) is 6.08 Å². The normalized spacial score (nSPS) is 18.7. The zero-order chi connectivity index (χ0) is 41.9. The van der Waals surface area contributed by atoms with E-state index >= 15 is 0 Å². The number of aliphatic hydroxyl groups excluding tert-OH is 1. The van der Waals surface area contributed by atoms with E-state index in [1.807, 2.05) is 68.7 Å². The summed E-state index contributed by atoms with van der Waals surface area (Å²) in [5, 5.41) is 36.3. The maximum absolute atomic E-state index is 12.6. The number of carboxylic acid groups (broad SMARTS) is 1. The second-order valence-electron chi connectivity index (χ2n) is 15.7. The fourth-order valence-corrected chi connectivity index (χ4v) is 7.92. The van der Waals surface area contributed by atoms with Crippen molar-refractivity contribution < 1.29 is 34.5 Å². The summed E-state index contributed by atoms with van der Waals surface area (Å²) in [4.78, 5) is 52.2. The van der Waals surface area contributed by atoms with Gasteiger partial charge in [0, 0.05) is 38.7 Å². The second-order valence-corrected chi connectivity index (χ2v) is 15.7. The molecule has 12 heteroatoms. The van der Waals surface area contributed by atoms with Gasteiger partial charge in [-0.2, -0.15) is 0 Å². The van der Waals surface area contributed by atoms with Gasteiger partial charge in [-0.25, -0.2) is 0 Å². The molecule has 0 radical (unpaired) electrons. The molecule has 1 atom stereocenters. The van der Waals surface area contributed by atoms with E-state index < -0.39 is 17.5 Å². The minimum Gasteiger partial charge on any atom is -0.506 e. The third-order valence-corrected chi connectivity index (χ3v) is 11.5. The molecule has 1 unspecified atom stereocenters. The average molecular weight is 798 g/mol. The summed E-state index contributed by atoms with van der Waals surface area (Å²) >= 11 is 0. The van der Waals surface area contributed by atoms with Gasteiger partial charge in [0.2, 0.25) is 5.91 Å². The molecule has 314 valence electrons. The summed E-state index contributed by atoms with van der Waals surface area (Å²) in [5.41, 5.74) is 3.46. The van der Waals surface area contributed by atoms with Crippen molar-refractivity contribution >= 4 is 36.2 Å². The minimum atomic E-state index is -0.922. The van der Waals surface area contributed by atoms with Gasteiger partial charge in [-0.3, -0.25) is 14.4 Å². The number of hydrogen-bond donors (Lipinski definition) is 5. The highest BCUT2D eigenvalue weighted by Gasteiger charge is 2.43. The molecular weight excluding hydrogens is 735 g/mol. The van der Waals surface area contributed by atoms with E-state index in [9.17, 15) is 34.5 Å². The molecule has 0 spiro atoms. The highest BCUT2D eigenvalue weighted by molar-refractivity contribution is 5.84. The Kier molecular flexibility index (Phi) is 18.6. The fraction of sp³-hybridized carbons (Fsp3) is 0.478. The Morgan fingerprint density at radius 3 is 2.07 bits per heavy atom. The van der Waals surface area contributed by atoms with Crippen LogP contribution in [0.1, 0.15) is 72.4 Å². The Balaban J connectivity index is 0.000000216. The first kappa shape index (κ1) is 45.8. The van der Waals surface area contributed by atoms with Crippen molar-refractivity contribution in [1.82, 2.24) is 20.0 Å². The van der Waals surface area contributed by atoms with Gasteiger partial charge in [-0.15, -0.1) is 0 Å². The molecule has 4 aliphatic rings. The monoisotopic (exact) mass is 797 g/mol. The summed E-state index contributed by atoms with van der Waals surface area (Å²) in [6, 6.07) is 19.9. The number of fused-ring (bicyclic) bond motifs is 3. The lowest BCUT2D eigenvalue weighted by Crippen LogP contribution is -2.49. The van der Waals surface area contributed by atoms with Crippen LogP contribution in [-0.4, -0.2) is 128 Å². The maximum atomic E-state index is 12.6. The number of piperidine rings is 4. The Bertz CT molecular complexity index is 1740. The van der Waals surface area contributed by atoms with Gasteiger partial charge in [0.25, 0.3) is 0 Å². The summed E-state index contributed by atoms with van der Waals surface area (Å²) < 4.78 is 0. The van der Waals surface area contributed by atoms with Crippen molar-refractivity contribution in [2.24, 2.45) is 5.92 Å². The number of phenols is 1. The molecule has 4 aliphatic heterocycles. The Hall–Kier alpha value is -4.88. The number of anilines is 1. The number of carbonyl (C=O) groups is 4. The Labute approximate surface area is 343 Å². The molecule has 4 saturated heterocycles. The van der Waals surface area contributed by atoms with Crippen LogP contribution in [0.15, 0.2) is 72.8 Å². The summed E-state index contributed by atoms with van der Waals surface area (Å²) in [6.45, 7) is 7.25. The number of amides is 1. The van der Waals surface area contributed by atoms with Gasteiger partial charge in [0.15, 0.2) is 0 Å². The number of nitrogens with one attached hydrogen (secondary N) is 2. The number of hydrogen-bond acceptors (Lipinski definition) is 10. The van der Waals surface area contributed by atoms with E-state index in [1.54, 1.807) is 24.1 Å². The molecule has 3 aromatic rings. The minimum absolute atomic E-state index is 0.00480. The zero-order valence-electron chi connectivity index (χ0n) is 34.4. The fourth-order valence-electron chi connectivity index (χ4n) is 7.92. The number of aromatic hydroxyl groups is 1. The van der Waals surface area contributed by atoms with Crippen LogP contribution in [0.3, 0.4) is 0 Å². The number of benzene rings is 3. The SMILES string of the molecule is C1CN2CCC1CC2.CNc1c(O)ccc(C(O)CNCCCN(C)C)c1/C=C\C=O.O=CCc1ccc(CC(=O)N2CCC(C(=O)O)(c3ccccc3)CC2)cc1. The van der Waals surface area contributed by atoms with Crippen LogP contribution in [-0.2, 0) is 37.4 Å². The standard InChI is InChI=1S/C22H23NO4.C17H27N3O3.C7H13N/c24-15-10-17-6-8-18(9-7-17)16-20(25)23-13-11-22(12-14-23,21(26)27)19-4-2-1-3-5-19;1-18-17-14(6-4-11-21)13(7-8-15(17)22)16(23)12-19-9-5-10-20(2)3;1-4-8-5-2-7(1)3-6-8/h1-9,15H,10-14,16H2,(H,26,27);4,6-8,11,16,18-19,22-23H,5,9-10,12H2,1-3H3;7H,1-6H2/b;6-4-;. The number of phenolic OH excluding ortho intramolecular Hbond substituents is 1. The molecule has 2 bridgehead atoms. The number of likely N-dealkylation sites (tertiary alicyclic amines) is 1. The second kappa shape index (κ2) is 23.5. The first-order chi connectivity index (χ1) is 28.0. The maximum Gasteiger partial charge on any atom is 0.314 e. The van der Waals surface area contributed by atoms with Crippen molar-refractivity contribution in [2.45, 2.75) is 62.9 Å². The number of carboxylic acids is 1. The van der Waals surface area contributed by atoms with E-state index in [2.05, 4.69) is 20.4 Å². The summed E-state index contributed by atoms with van der Waals surface area (Å²) in [7, 11) is 5.73. The predicted molar refractivity (Wildman–Crippen MR) is 229 cm³/mol. The summed E-state index contributed by atoms with van der Waals surface area (Å²) in [5.74, 6) is 0.365. The number of aliphatic carboxylic acids is 1. The van der Waals surface area contributed by atoms with Crippen LogP contribution in [0, 0.1) is 5.92 Å². The highest BCUT2D eigenvalue weighted by atomic mass is 16.4. The van der Waals surface area contributed by atoms with E-state index in [1.165, 1.54) is 51.0 Å². The van der Waals surface area contributed by atoms with Crippen LogP contribution in [0.2, 0.25) is 0 Å². The van der Waals surface area contributed by atoms with Crippen molar-refractivity contribution in [3.8, 4) is 5.75 Å². The van der Waals surface area contributed by atoms with E-state index in [-0.39, 0.29) is 18.1 Å². The number of aldehydes is 2. The molecule has 0 saturated carbocycles. The van der Waals surface area contributed by atoms with Gasteiger partial charge < -0.3 is 45.4 Å². The topological polar surface area (TPSA) is 163 Å². The van der Waals surface area contributed by atoms with Crippen LogP contribution < -0.4 is 10.6 Å². The third kappa shape index (κ3) is 13.3. The number of carbonyl (C=O) groups excluding carboxylic acids is 3. The van der Waals surface area contributed by atoms with E-state index in [0.717, 1.165) is 48.4 Å². The molecule has 4 fully saturated rings. The molecule has 0 aromatic heterocycles. The first-order valence-corrected chi connectivity index (χ1v) is 20.5. The lowest BCUT2D eigenvalue weighted by Gasteiger charge is -2.39. The van der Waals surface area contributed by atoms with Gasteiger partial charge in [0.05, 0.1) is 23.6 Å². The molecule has 4 heterocycles. The lowest BCUT2D eigenvalue weighted by atomic mass is 9.73. The number of allylic oxidation sites excluding steroid dienone is 1. The smallest absolute Gasteiger partial charge is 0.314 e. The van der Waals surface area contributed by atoms with Crippen LogP contribution in [0.4, 0.5) is 5.69 Å². The lowest BCUT2D eigenvalue weighted by molar-refractivity contribution is -0.148. The van der Waals surface area contributed by atoms with Crippen molar-refractivity contribution in [3.63, 3.8) is 0 Å². The Morgan fingerprint density at radius 1 is 0.914 bits per heavy atom. The predicted octanol–water partition coefficient (Wildman–Crippen LogP) is 4.94. The van der Waals surface area contributed by atoms with Gasteiger partial charge >= 0.3 is 5.97 Å². The highest BCUT2D eigenvalue weighted by Crippen LogP contribution is 2.36. The largest absolute Gasteiger partial charge is 0.506 e. The zero-order valence-corrected chi connectivity index (χ0v) is 34.4. The van der Waals surface area contributed by atoms with E-state index in [4.69, 9.17) is 0 Å². The van der Waals surface area contributed by atoms with Gasteiger partial charge in [0.1, 0.15) is 18.3 Å². The molecule has 12 nitrogen and oxygen atoms in total. The quantitative estimate of drug-likeness (QED) is 0.0578. The van der Waals surface area contributed by atoms with Crippen LogP contribution in [0.5, 0.6) is 5.75 Å². The van der Waals surface area contributed by atoms with Crippen molar-refractivity contribution in [3.05, 3.63) is 101 Å². The number of rotatable bonds is 16. The van der Waals surface area contributed by atoms with Gasteiger partial charge in [-0.1, -0.05) is 60.7 Å².